The van der Waals surface area contributed by atoms with Gasteiger partial charge in [-0.1, -0.05) is 18.2 Å². The molecule has 0 spiro atoms. The zero-order valence-corrected chi connectivity index (χ0v) is 9.87. The molecule has 2 N–H and O–H groups in total. The van der Waals surface area contributed by atoms with Crippen LogP contribution in [0.2, 0.25) is 0 Å². The molecule has 0 saturated carbocycles. The molecule has 0 bridgehead atoms. The summed E-state index contributed by atoms with van der Waals surface area (Å²) >= 11 is 0. The Balaban J connectivity index is 2.97. The predicted octanol–water partition coefficient (Wildman–Crippen LogP) is 2.28. The average Bonchev–Trinajstić information content (AvgIpc) is 2.17. The van der Waals surface area contributed by atoms with E-state index in [2.05, 4.69) is 0 Å². The summed E-state index contributed by atoms with van der Waals surface area (Å²) in [6.45, 7) is 1.38. The van der Waals surface area contributed by atoms with Crippen LogP contribution >= 0.6 is 0 Å². The second-order valence-electron chi connectivity index (χ2n) is 4.51. The van der Waals surface area contributed by atoms with Crippen molar-refractivity contribution in [2.24, 2.45) is 5.73 Å². The van der Waals surface area contributed by atoms with Gasteiger partial charge in [-0.25, -0.2) is 8.78 Å². The van der Waals surface area contributed by atoms with Crippen LogP contribution in [-0.2, 0) is 6.42 Å². The minimum atomic E-state index is -2.53. The van der Waals surface area contributed by atoms with Gasteiger partial charge in [-0.15, -0.1) is 0 Å². The van der Waals surface area contributed by atoms with Crippen molar-refractivity contribution >= 4 is 5.69 Å². The molecule has 1 aromatic carbocycles. The number of para-hydroxylation sites is 1. The number of anilines is 1. The van der Waals surface area contributed by atoms with Crippen LogP contribution in [0.1, 0.15) is 12.5 Å². The lowest BCUT2D eigenvalue weighted by atomic mass is 9.93. The quantitative estimate of drug-likeness (QED) is 0.856. The smallest absolute Gasteiger partial charge is 0.256 e. The largest absolute Gasteiger partial charge is 0.377 e. The van der Waals surface area contributed by atoms with Gasteiger partial charge in [-0.3, -0.25) is 0 Å². The van der Waals surface area contributed by atoms with Gasteiger partial charge >= 0.3 is 0 Å². The third-order valence-electron chi connectivity index (χ3n) is 2.54. The predicted molar refractivity (Wildman–Crippen MR) is 63.1 cm³/mol. The second kappa shape index (κ2) is 4.78. The molecular formula is C12H18F2N2. The highest BCUT2D eigenvalue weighted by molar-refractivity contribution is 5.53. The standard InChI is InChI=1S/C12H18F2N2/c1-12(15,11(13)14)8-9-6-4-5-7-10(9)16(2)3/h4-7,11H,8,15H2,1-3H3. The van der Waals surface area contributed by atoms with Gasteiger partial charge in [0, 0.05) is 19.8 Å². The van der Waals surface area contributed by atoms with Gasteiger partial charge < -0.3 is 10.6 Å². The minimum Gasteiger partial charge on any atom is -0.377 e. The second-order valence-corrected chi connectivity index (χ2v) is 4.51. The van der Waals surface area contributed by atoms with Gasteiger partial charge in [0.1, 0.15) is 0 Å². The molecule has 16 heavy (non-hydrogen) atoms. The zero-order chi connectivity index (χ0) is 12.3. The number of benzene rings is 1. The molecule has 0 radical (unpaired) electrons. The number of halogens is 2. The maximum atomic E-state index is 12.7. The third kappa shape index (κ3) is 2.92. The molecule has 0 fully saturated rings. The van der Waals surface area contributed by atoms with Gasteiger partial charge in [0.2, 0.25) is 0 Å². The number of nitrogens with zero attached hydrogens (tertiary/aromatic N) is 1. The van der Waals surface area contributed by atoms with Crippen LogP contribution in [0.25, 0.3) is 0 Å². The summed E-state index contributed by atoms with van der Waals surface area (Å²) in [6.07, 6.45) is -2.36. The molecule has 1 aromatic rings. The van der Waals surface area contributed by atoms with E-state index in [9.17, 15) is 8.78 Å². The van der Waals surface area contributed by atoms with Gasteiger partial charge in [-0.2, -0.15) is 0 Å². The van der Waals surface area contributed by atoms with Crippen molar-refractivity contribution in [3.8, 4) is 0 Å². The normalized spacial score (nSPS) is 14.9. The summed E-state index contributed by atoms with van der Waals surface area (Å²) in [7, 11) is 3.77. The molecule has 90 valence electrons. The Hall–Kier alpha value is -1.16. The van der Waals surface area contributed by atoms with Crippen molar-refractivity contribution in [1.29, 1.82) is 0 Å². The summed E-state index contributed by atoms with van der Waals surface area (Å²) in [4.78, 5) is 1.90. The minimum absolute atomic E-state index is 0.166. The van der Waals surface area contributed by atoms with Gasteiger partial charge in [0.05, 0.1) is 5.54 Å². The molecule has 0 saturated heterocycles. The van der Waals surface area contributed by atoms with E-state index in [0.717, 1.165) is 11.3 Å². The van der Waals surface area contributed by atoms with E-state index in [-0.39, 0.29) is 6.42 Å². The first-order chi connectivity index (χ1) is 7.34. The van der Waals surface area contributed by atoms with E-state index in [1.807, 2.05) is 43.3 Å². The van der Waals surface area contributed by atoms with Crippen molar-refractivity contribution in [3.63, 3.8) is 0 Å². The van der Waals surface area contributed by atoms with Crippen molar-refractivity contribution in [2.75, 3.05) is 19.0 Å². The van der Waals surface area contributed by atoms with E-state index in [1.165, 1.54) is 6.92 Å². The highest BCUT2D eigenvalue weighted by atomic mass is 19.3. The Morgan fingerprint density at radius 2 is 1.88 bits per heavy atom. The summed E-state index contributed by atoms with van der Waals surface area (Å²) in [6, 6.07) is 7.46. The van der Waals surface area contributed by atoms with E-state index < -0.39 is 12.0 Å². The Bertz CT molecular complexity index is 349. The Morgan fingerprint density at radius 3 is 2.38 bits per heavy atom. The van der Waals surface area contributed by atoms with Crippen LogP contribution in [0.3, 0.4) is 0 Å². The average molecular weight is 228 g/mol. The van der Waals surface area contributed by atoms with Gasteiger partial charge in [0.15, 0.2) is 0 Å². The first-order valence-electron chi connectivity index (χ1n) is 5.17. The molecular weight excluding hydrogens is 210 g/mol. The third-order valence-corrected chi connectivity index (χ3v) is 2.54. The SMILES string of the molecule is CN(C)c1ccccc1CC(C)(N)C(F)F. The highest BCUT2D eigenvalue weighted by Crippen LogP contribution is 2.25. The molecule has 1 unspecified atom stereocenters. The first kappa shape index (κ1) is 12.9. The number of rotatable bonds is 4. The summed E-state index contributed by atoms with van der Waals surface area (Å²) in [5.74, 6) is 0. The fourth-order valence-corrected chi connectivity index (χ4v) is 1.58. The van der Waals surface area contributed by atoms with Crippen molar-refractivity contribution in [1.82, 2.24) is 0 Å². The number of hydrogen-bond donors (Lipinski definition) is 1. The molecule has 0 aliphatic rings. The van der Waals surface area contributed by atoms with E-state index in [0.29, 0.717) is 0 Å². The highest BCUT2D eigenvalue weighted by Gasteiger charge is 2.31. The fourth-order valence-electron chi connectivity index (χ4n) is 1.58. The maximum absolute atomic E-state index is 12.7. The zero-order valence-electron chi connectivity index (χ0n) is 9.87. The van der Waals surface area contributed by atoms with Crippen LogP contribution in [0.15, 0.2) is 24.3 Å². The van der Waals surface area contributed by atoms with Crippen molar-refractivity contribution in [2.45, 2.75) is 25.3 Å². The van der Waals surface area contributed by atoms with E-state index in [1.54, 1.807) is 0 Å². The fraction of sp³-hybridized carbons (Fsp3) is 0.500. The maximum Gasteiger partial charge on any atom is 0.256 e. The molecule has 2 nitrogen and oxygen atoms in total. The molecule has 1 atom stereocenters. The number of alkyl halides is 2. The van der Waals surface area contributed by atoms with Crippen LogP contribution in [0, 0.1) is 0 Å². The Labute approximate surface area is 95.1 Å². The van der Waals surface area contributed by atoms with Crippen LogP contribution in [-0.4, -0.2) is 26.1 Å². The molecule has 0 heterocycles. The number of nitrogens with two attached hydrogens (primary N) is 1. The van der Waals surface area contributed by atoms with Crippen molar-refractivity contribution < 1.29 is 8.78 Å². The van der Waals surface area contributed by atoms with Crippen LogP contribution in [0.5, 0.6) is 0 Å². The molecule has 0 aliphatic carbocycles. The molecule has 0 amide bonds. The molecule has 4 heteroatoms. The summed E-state index contributed by atoms with van der Waals surface area (Å²) < 4.78 is 25.4. The van der Waals surface area contributed by atoms with Crippen LogP contribution < -0.4 is 10.6 Å². The summed E-state index contributed by atoms with van der Waals surface area (Å²) in [5.41, 5.74) is 5.89. The van der Waals surface area contributed by atoms with Gasteiger partial charge in [0.25, 0.3) is 6.43 Å². The monoisotopic (exact) mass is 228 g/mol. The lowest BCUT2D eigenvalue weighted by Crippen LogP contribution is -2.46. The lowest BCUT2D eigenvalue weighted by molar-refractivity contribution is 0.0640. The number of hydrogen-bond acceptors (Lipinski definition) is 2. The van der Waals surface area contributed by atoms with Crippen molar-refractivity contribution in [3.05, 3.63) is 29.8 Å². The lowest BCUT2D eigenvalue weighted by Gasteiger charge is -2.26. The molecule has 0 aromatic heterocycles. The van der Waals surface area contributed by atoms with Crippen LogP contribution in [0.4, 0.5) is 14.5 Å². The molecule has 1 rings (SSSR count). The Morgan fingerprint density at radius 1 is 1.31 bits per heavy atom. The van der Waals surface area contributed by atoms with Gasteiger partial charge in [-0.05, 0) is 25.0 Å². The van der Waals surface area contributed by atoms with E-state index in [4.69, 9.17) is 5.73 Å². The Kier molecular flexibility index (Phi) is 3.86. The topological polar surface area (TPSA) is 29.3 Å². The first-order valence-corrected chi connectivity index (χ1v) is 5.17. The summed E-state index contributed by atoms with van der Waals surface area (Å²) in [5, 5.41) is 0. The molecule has 0 aliphatic heterocycles. The van der Waals surface area contributed by atoms with E-state index >= 15 is 0 Å².